The second-order valence-corrected chi connectivity index (χ2v) is 4.68. The number of rotatable bonds is 5. The predicted molar refractivity (Wildman–Crippen MR) is 78.3 cm³/mol. The Labute approximate surface area is 131 Å². The molecule has 0 radical (unpaired) electrons. The van der Waals surface area contributed by atoms with Crippen molar-refractivity contribution in [2.45, 2.75) is 0 Å². The molecule has 6 heteroatoms. The number of carbonyl (C=O) groups is 1. The van der Waals surface area contributed by atoms with E-state index in [-0.39, 0.29) is 23.8 Å². The average Bonchev–Trinajstić information content (AvgIpc) is 2.52. The molecule has 0 atom stereocenters. The van der Waals surface area contributed by atoms with Crippen molar-refractivity contribution >= 4 is 17.6 Å². The fourth-order valence-corrected chi connectivity index (χ4v) is 1.81. The van der Waals surface area contributed by atoms with Gasteiger partial charge < -0.3 is 9.47 Å². The molecule has 22 heavy (non-hydrogen) atoms. The van der Waals surface area contributed by atoms with Crippen LogP contribution in [0.15, 0.2) is 42.5 Å². The number of carbonyl (C=O) groups excluding carboxylic acids is 1. The van der Waals surface area contributed by atoms with Gasteiger partial charge in [-0.2, -0.15) is 5.26 Å². The lowest BCUT2D eigenvalue weighted by atomic mass is 10.2. The lowest BCUT2D eigenvalue weighted by Crippen LogP contribution is -2.13. The van der Waals surface area contributed by atoms with Crippen molar-refractivity contribution in [2.24, 2.45) is 0 Å². The zero-order valence-electron chi connectivity index (χ0n) is 11.4. The number of esters is 1. The van der Waals surface area contributed by atoms with E-state index in [9.17, 15) is 9.18 Å². The number of nitriles is 1. The van der Waals surface area contributed by atoms with Crippen LogP contribution in [0, 0.1) is 17.1 Å². The summed E-state index contributed by atoms with van der Waals surface area (Å²) in [5.74, 6) is -0.962. The van der Waals surface area contributed by atoms with Gasteiger partial charge in [0.05, 0.1) is 17.2 Å². The number of ether oxygens (including phenoxy) is 2. The number of hydrogen-bond acceptors (Lipinski definition) is 4. The number of hydrogen-bond donors (Lipinski definition) is 0. The molecule has 2 aromatic carbocycles. The van der Waals surface area contributed by atoms with Gasteiger partial charge in [0, 0.05) is 5.02 Å². The third-order valence-electron chi connectivity index (χ3n) is 2.72. The smallest absolute Gasteiger partial charge is 0.341 e. The van der Waals surface area contributed by atoms with Gasteiger partial charge in [0.2, 0.25) is 0 Å². The summed E-state index contributed by atoms with van der Waals surface area (Å²) in [6, 6.07) is 12.2. The summed E-state index contributed by atoms with van der Waals surface area (Å²) in [6.45, 7) is 0.0910. The van der Waals surface area contributed by atoms with Crippen molar-refractivity contribution < 1.29 is 18.7 Å². The van der Waals surface area contributed by atoms with E-state index in [1.807, 2.05) is 6.07 Å². The van der Waals surface area contributed by atoms with Crippen LogP contribution >= 0.6 is 11.6 Å². The molecule has 112 valence electrons. The van der Waals surface area contributed by atoms with Crippen LogP contribution in [0.1, 0.15) is 15.9 Å². The zero-order valence-corrected chi connectivity index (χ0v) is 12.1. The molecule has 0 aliphatic rings. The number of benzene rings is 2. The minimum absolute atomic E-state index is 0.0269. The molecule has 0 saturated heterocycles. The molecule has 0 aliphatic carbocycles. The first kappa shape index (κ1) is 15.8. The Bertz CT molecular complexity index is 710. The van der Waals surface area contributed by atoms with Crippen LogP contribution in [0.5, 0.6) is 5.75 Å². The van der Waals surface area contributed by atoms with Crippen LogP contribution in [-0.2, 0) is 4.74 Å². The van der Waals surface area contributed by atoms with E-state index in [1.165, 1.54) is 12.1 Å². The summed E-state index contributed by atoms with van der Waals surface area (Å²) in [7, 11) is 0. The van der Waals surface area contributed by atoms with Crippen molar-refractivity contribution in [3.63, 3.8) is 0 Å². The monoisotopic (exact) mass is 319 g/mol. The van der Waals surface area contributed by atoms with Crippen LogP contribution in [0.25, 0.3) is 0 Å². The fourth-order valence-electron chi connectivity index (χ4n) is 1.65. The third kappa shape index (κ3) is 4.21. The minimum atomic E-state index is -0.780. The highest BCUT2D eigenvalue weighted by molar-refractivity contribution is 6.30. The Kier molecular flexibility index (Phi) is 5.34. The molecule has 0 heterocycles. The summed E-state index contributed by atoms with van der Waals surface area (Å²) < 4.78 is 23.8. The van der Waals surface area contributed by atoms with Gasteiger partial charge in [-0.3, -0.25) is 0 Å². The van der Waals surface area contributed by atoms with Crippen LogP contribution in [-0.4, -0.2) is 19.2 Å². The lowest BCUT2D eigenvalue weighted by Gasteiger charge is -2.08. The molecule has 0 spiro atoms. The summed E-state index contributed by atoms with van der Waals surface area (Å²) in [4.78, 5) is 11.7. The molecule has 0 N–H and O–H groups in total. The summed E-state index contributed by atoms with van der Waals surface area (Å²) >= 11 is 5.61. The summed E-state index contributed by atoms with van der Waals surface area (Å²) in [5, 5.41) is 8.87. The van der Waals surface area contributed by atoms with E-state index in [4.69, 9.17) is 26.3 Å². The molecule has 0 fully saturated rings. The number of halogens is 2. The first-order chi connectivity index (χ1) is 10.6. The highest BCUT2D eigenvalue weighted by Crippen LogP contribution is 2.15. The van der Waals surface area contributed by atoms with E-state index in [2.05, 4.69) is 0 Å². The van der Waals surface area contributed by atoms with Crippen LogP contribution < -0.4 is 4.74 Å². The topological polar surface area (TPSA) is 59.3 Å². The molecule has 0 unspecified atom stereocenters. The van der Waals surface area contributed by atoms with E-state index in [1.54, 1.807) is 24.3 Å². The van der Waals surface area contributed by atoms with E-state index < -0.39 is 11.8 Å². The van der Waals surface area contributed by atoms with E-state index in [0.717, 1.165) is 6.07 Å². The number of nitrogens with zero attached hydrogens (tertiary/aromatic N) is 1. The van der Waals surface area contributed by atoms with Gasteiger partial charge in [0.1, 0.15) is 24.8 Å². The van der Waals surface area contributed by atoms with Crippen molar-refractivity contribution in [2.75, 3.05) is 13.2 Å². The Balaban J connectivity index is 1.80. The highest BCUT2D eigenvalue weighted by Gasteiger charge is 2.13. The standard InChI is InChI=1S/C16H11ClFNO3/c17-12-3-6-14(15(18)9-12)16(20)22-8-7-21-13-4-1-11(10-19)2-5-13/h1-6,9H,7-8H2. The first-order valence-corrected chi connectivity index (χ1v) is 6.73. The van der Waals surface area contributed by atoms with Gasteiger partial charge in [-0.25, -0.2) is 9.18 Å². The second-order valence-electron chi connectivity index (χ2n) is 4.24. The largest absolute Gasteiger partial charge is 0.490 e. The van der Waals surface area contributed by atoms with Crippen LogP contribution in [0.3, 0.4) is 0 Å². The van der Waals surface area contributed by atoms with Gasteiger partial charge >= 0.3 is 5.97 Å². The van der Waals surface area contributed by atoms with E-state index in [0.29, 0.717) is 11.3 Å². The third-order valence-corrected chi connectivity index (χ3v) is 2.95. The van der Waals surface area contributed by atoms with Gasteiger partial charge in [-0.15, -0.1) is 0 Å². The van der Waals surface area contributed by atoms with Crippen molar-refractivity contribution in [3.05, 3.63) is 64.4 Å². The Morgan fingerprint density at radius 2 is 1.91 bits per heavy atom. The molecular formula is C16H11ClFNO3. The molecule has 4 nitrogen and oxygen atoms in total. The maximum absolute atomic E-state index is 13.5. The SMILES string of the molecule is N#Cc1ccc(OCCOC(=O)c2ccc(Cl)cc2F)cc1. The summed E-state index contributed by atoms with van der Waals surface area (Å²) in [5.41, 5.74) is 0.347. The maximum Gasteiger partial charge on any atom is 0.341 e. The molecule has 2 aromatic rings. The fraction of sp³-hybridized carbons (Fsp3) is 0.125. The van der Waals surface area contributed by atoms with Crippen molar-refractivity contribution in [1.29, 1.82) is 5.26 Å². The summed E-state index contributed by atoms with van der Waals surface area (Å²) in [6.07, 6.45) is 0. The van der Waals surface area contributed by atoms with Crippen molar-refractivity contribution in [1.82, 2.24) is 0 Å². The Morgan fingerprint density at radius 1 is 1.18 bits per heavy atom. The quantitative estimate of drug-likeness (QED) is 0.624. The molecule has 0 amide bonds. The molecule has 0 aromatic heterocycles. The van der Waals surface area contributed by atoms with Gasteiger partial charge in [-0.05, 0) is 42.5 Å². The molecule has 2 rings (SSSR count). The van der Waals surface area contributed by atoms with E-state index >= 15 is 0 Å². The molecule has 0 aliphatic heterocycles. The predicted octanol–water partition coefficient (Wildman–Crippen LogP) is 3.59. The Hall–Kier alpha value is -2.58. The van der Waals surface area contributed by atoms with Crippen molar-refractivity contribution in [3.8, 4) is 11.8 Å². The minimum Gasteiger partial charge on any atom is -0.490 e. The highest BCUT2D eigenvalue weighted by atomic mass is 35.5. The molecular weight excluding hydrogens is 309 g/mol. The van der Waals surface area contributed by atoms with Gasteiger partial charge in [-0.1, -0.05) is 11.6 Å². The Morgan fingerprint density at radius 3 is 2.55 bits per heavy atom. The van der Waals surface area contributed by atoms with Crippen LogP contribution in [0.2, 0.25) is 5.02 Å². The molecule has 0 bridgehead atoms. The van der Waals surface area contributed by atoms with Gasteiger partial charge in [0.25, 0.3) is 0 Å². The maximum atomic E-state index is 13.5. The normalized spacial score (nSPS) is 9.86. The average molecular weight is 320 g/mol. The lowest BCUT2D eigenvalue weighted by molar-refractivity contribution is 0.0445. The van der Waals surface area contributed by atoms with Crippen LogP contribution in [0.4, 0.5) is 4.39 Å². The molecule has 0 saturated carbocycles. The zero-order chi connectivity index (χ0) is 15.9. The first-order valence-electron chi connectivity index (χ1n) is 6.35. The second kappa shape index (κ2) is 7.43. The van der Waals surface area contributed by atoms with Gasteiger partial charge in [0.15, 0.2) is 0 Å².